The van der Waals surface area contributed by atoms with Crippen molar-refractivity contribution in [2.75, 3.05) is 18.8 Å². The number of carbonyl (C=O) groups excluding carboxylic acids is 1. The Morgan fingerprint density at radius 2 is 2.10 bits per heavy atom. The van der Waals surface area contributed by atoms with Crippen LogP contribution in [0.1, 0.15) is 30.1 Å². The van der Waals surface area contributed by atoms with E-state index in [9.17, 15) is 13.2 Å². The summed E-state index contributed by atoms with van der Waals surface area (Å²) in [6.07, 6.45) is 4.13. The van der Waals surface area contributed by atoms with E-state index >= 15 is 0 Å². The topological polar surface area (TPSA) is 92.3 Å². The number of aromatic nitrogens is 2. The number of nitrogens with one attached hydrogen (secondary N) is 1. The Morgan fingerprint density at radius 1 is 1.40 bits per heavy atom. The molecule has 0 atom stereocenters. The lowest BCUT2D eigenvalue weighted by molar-refractivity contribution is 0.0923. The van der Waals surface area contributed by atoms with E-state index in [0.717, 1.165) is 0 Å². The molecule has 1 aromatic rings. The summed E-state index contributed by atoms with van der Waals surface area (Å²) < 4.78 is 24.9. The van der Waals surface area contributed by atoms with E-state index in [1.54, 1.807) is 13.0 Å². The van der Waals surface area contributed by atoms with Crippen LogP contribution in [0.5, 0.6) is 0 Å². The molecule has 20 heavy (non-hydrogen) atoms. The Bertz CT molecular complexity index is 553. The van der Waals surface area contributed by atoms with Gasteiger partial charge >= 0.3 is 0 Å². The van der Waals surface area contributed by atoms with E-state index in [1.165, 1.54) is 16.7 Å². The van der Waals surface area contributed by atoms with Crippen LogP contribution in [-0.2, 0) is 10.0 Å². The predicted octanol–water partition coefficient (Wildman–Crippen LogP) is 0.0205. The van der Waals surface area contributed by atoms with E-state index in [-0.39, 0.29) is 17.7 Å². The SMILES string of the molecule is CCS(=O)(=O)N1CCC(NC(=O)c2ccnnc2)CC1. The minimum Gasteiger partial charge on any atom is -0.349 e. The second kappa shape index (κ2) is 6.27. The van der Waals surface area contributed by atoms with Gasteiger partial charge in [-0.1, -0.05) is 0 Å². The summed E-state index contributed by atoms with van der Waals surface area (Å²) in [5, 5.41) is 10.2. The van der Waals surface area contributed by atoms with Crippen molar-refractivity contribution in [1.82, 2.24) is 19.8 Å². The first kappa shape index (κ1) is 14.9. The third-order valence-electron chi connectivity index (χ3n) is 3.39. The molecule has 8 heteroatoms. The zero-order valence-electron chi connectivity index (χ0n) is 11.3. The molecule has 0 aromatic carbocycles. The van der Waals surface area contributed by atoms with Gasteiger partial charge in [-0.3, -0.25) is 4.79 Å². The third-order valence-corrected chi connectivity index (χ3v) is 5.28. The van der Waals surface area contributed by atoms with E-state index < -0.39 is 10.0 Å². The minimum atomic E-state index is -3.12. The molecule has 1 N–H and O–H groups in total. The van der Waals surface area contributed by atoms with E-state index in [2.05, 4.69) is 15.5 Å². The highest BCUT2D eigenvalue weighted by Crippen LogP contribution is 2.14. The number of rotatable bonds is 4. The van der Waals surface area contributed by atoms with Gasteiger partial charge in [0.1, 0.15) is 0 Å². The monoisotopic (exact) mass is 298 g/mol. The molecule has 7 nitrogen and oxygen atoms in total. The zero-order chi connectivity index (χ0) is 14.6. The molecule has 1 amide bonds. The van der Waals surface area contributed by atoms with Gasteiger partial charge in [0, 0.05) is 19.1 Å². The van der Waals surface area contributed by atoms with Crippen molar-refractivity contribution in [3.8, 4) is 0 Å². The number of amides is 1. The van der Waals surface area contributed by atoms with Crippen LogP contribution in [0.25, 0.3) is 0 Å². The number of carbonyl (C=O) groups is 1. The first-order chi connectivity index (χ1) is 9.53. The standard InChI is InChI=1S/C12H18N4O3S/c1-2-20(18,19)16-7-4-11(5-8-16)15-12(17)10-3-6-13-14-9-10/h3,6,9,11H,2,4-5,7-8H2,1H3,(H,15,17). The minimum absolute atomic E-state index is 0.000952. The lowest BCUT2D eigenvalue weighted by Crippen LogP contribution is -2.46. The van der Waals surface area contributed by atoms with Crippen LogP contribution in [-0.4, -0.2) is 53.7 Å². The van der Waals surface area contributed by atoms with E-state index in [4.69, 9.17) is 0 Å². The summed E-state index contributed by atoms with van der Waals surface area (Å²) >= 11 is 0. The fourth-order valence-electron chi connectivity index (χ4n) is 2.15. The summed E-state index contributed by atoms with van der Waals surface area (Å²) in [5.41, 5.74) is 0.462. The number of piperidine rings is 1. The molecule has 110 valence electrons. The van der Waals surface area contributed by atoms with E-state index in [0.29, 0.717) is 31.5 Å². The number of hydrogen-bond acceptors (Lipinski definition) is 5. The van der Waals surface area contributed by atoms with Crippen LogP contribution in [0.2, 0.25) is 0 Å². The molecule has 1 aliphatic heterocycles. The van der Waals surface area contributed by atoms with Gasteiger partial charge in [0.2, 0.25) is 10.0 Å². The first-order valence-electron chi connectivity index (χ1n) is 6.58. The van der Waals surface area contributed by atoms with Crippen molar-refractivity contribution in [3.05, 3.63) is 24.0 Å². The van der Waals surface area contributed by atoms with Gasteiger partial charge in [0.25, 0.3) is 5.91 Å². The van der Waals surface area contributed by atoms with Gasteiger partial charge in [-0.15, -0.1) is 0 Å². The molecule has 1 aliphatic rings. The second-order valence-electron chi connectivity index (χ2n) is 4.68. The average Bonchev–Trinajstić information content (AvgIpc) is 2.48. The summed E-state index contributed by atoms with van der Waals surface area (Å²) in [4.78, 5) is 11.9. The van der Waals surface area contributed by atoms with Crippen molar-refractivity contribution in [2.24, 2.45) is 0 Å². The lowest BCUT2D eigenvalue weighted by atomic mass is 10.1. The summed E-state index contributed by atoms with van der Waals surface area (Å²) in [6, 6.07) is 1.60. The molecular formula is C12H18N4O3S. The Morgan fingerprint density at radius 3 is 2.65 bits per heavy atom. The highest BCUT2D eigenvalue weighted by atomic mass is 32.2. The molecule has 2 heterocycles. The maximum atomic E-state index is 11.9. The molecule has 0 spiro atoms. The number of hydrogen-bond donors (Lipinski definition) is 1. The summed E-state index contributed by atoms with van der Waals surface area (Å²) in [5.74, 6) is -0.0797. The largest absolute Gasteiger partial charge is 0.349 e. The second-order valence-corrected chi connectivity index (χ2v) is 6.94. The molecule has 0 aliphatic carbocycles. The molecule has 0 saturated carbocycles. The molecule has 1 saturated heterocycles. The Hall–Kier alpha value is -1.54. The maximum absolute atomic E-state index is 11.9. The van der Waals surface area contributed by atoms with Crippen LogP contribution in [0.15, 0.2) is 18.5 Å². The van der Waals surface area contributed by atoms with Gasteiger partial charge in [0.05, 0.1) is 23.7 Å². The highest BCUT2D eigenvalue weighted by Gasteiger charge is 2.27. The molecular weight excluding hydrogens is 280 g/mol. The van der Waals surface area contributed by atoms with Gasteiger partial charge in [-0.2, -0.15) is 10.2 Å². The van der Waals surface area contributed by atoms with Crippen molar-refractivity contribution < 1.29 is 13.2 Å². The highest BCUT2D eigenvalue weighted by molar-refractivity contribution is 7.89. The Labute approximate surface area is 118 Å². The van der Waals surface area contributed by atoms with Crippen LogP contribution < -0.4 is 5.32 Å². The van der Waals surface area contributed by atoms with Crippen LogP contribution in [0.4, 0.5) is 0 Å². The average molecular weight is 298 g/mol. The summed E-state index contributed by atoms with van der Waals surface area (Å²) in [7, 11) is -3.12. The quantitative estimate of drug-likeness (QED) is 0.846. The van der Waals surface area contributed by atoms with Crippen LogP contribution in [0, 0.1) is 0 Å². The third kappa shape index (κ3) is 3.51. The summed E-state index contributed by atoms with van der Waals surface area (Å²) in [6.45, 7) is 2.55. The zero-order valence-corrected chi connectivity index (χ0v) is 12.1. The number of nitrogens with zero attached hydrogens (tertiary/aromatic N) is 3. The van der Waals surface area contributed by atoms with Gasteiger partial charge in [-0.05, 0) is 25.8 Å². The Balaban J connectivity index is 1.88. The van der Waals surface area contributed by atoms with Gasteiger partial charge < -0.3 is 5.32 Å². The van der Waals surface area contributed by atoms with Crippen LogP contribution >= 0.6 is 0 Å². The fourth-order valence-corrected chi connectivity index (χ4v) is 3.29. The smallest absolute Gasteiger partial charge is 0.253 e. The first-order valence-corrected chi connectivity index (χ1v) is 8.19. The van der Waals surface area contributed by atoms with Crippen molar-refractivity contribution in [2.45, 2.75) is 25.8 Å². The Kier molecular flexibility index (Phi) is 4.66. The lowest BCUT2D eigenvalue weighted by Gasteiger charge is -2.31. The number of sulfonamides is 1. The van der Waals surface area contributed by atoms with Gasteiger partial charge in [0.15, 0.2) is 0 Å². The molecule has 1 aromatic heterocycles. The maximum Gasteiger partial charge on any atom is 0.253 e. The molecule has 0 bridgehead atoms. The molecule has 1 fully saturated rings. The predicted molar refractivity (Wildman–Crippen MR) is 73.6 cm³/mol. The molecule has 0 radical (unpaired) electrons. The molecule has 2 rings (SSSR count). The van der Waals surface area contributed by atoms with E-state index in [1.807, 2.05) is 0 Å². The van der Waals surface area contributed by atoms with Crippen LogP contribution in [0.3, 0.4) is 0 Å². The fraction of sp³-hybridized carbons (Fsp3) is 0.583. The van der Waals surface area contributed by atoms with Crippen molar-refractivity contribution in [1.29, 1.82) is 0 Å². The van der Waals surface area contributed by atoms with Crippen molar-refractivity contribution in [3.63, 3.8) is 0 Å². The normalized spacial score (nSPS) is 17.9. The van der Waals surface area contributed by atoms with Crippen molar-refractivity contribution >= 4 is 15.9 Å². The molecule has 0 unspecified atom stereocenters. The van der Waals surface area contributed by atoms with Gasteiger partial charge in [-0.25, -0.2) is 12.7 Å².